The molecule has 0 spiro atoms. The zero-order valence-corrected chi connectivity index (χ0v) is 19.1. The number of benzene rings is 5. The third kappa shape index (κ3) is 2.69. The van der Waals surface area contributed by atoms with Crippen LogP contribution >= 0.6 is 0 Å². The zero-order valence-electron chi connectivity index (χ0n) is 19.1. The number of aromatic nitrogens is 2. The minimum absolute atomic E-state index is 1.05. The molecule has 162 valence electrons. The Kier molecular flexibility index (Phi) is 4.16. The fraction of sp³-hybridized carbons (Fsp3) is 0.0625. The lowest BCUT2D eigenvalue weighted by Gasteiger charge is -2.10. The molecule has 0 N–H and O–H groups in total. The largest absolute Gasteiger partial charge is 0.309 e. The predicted octanol–water partition coefficient (Wildman–Crippen LogP) is 8.44. The van der Waals surface area contributed by atoms with E-state index in [1.165, 1.54) is 60.5 Å². The molecule has 2 nitrogen and oxygen atoms in total. The standard InChI is InChI=1S/C32H24N2/c1-2-22-16-18-24(19-17-22)34-30-15-9-7-13-26(30)28-20-27-25-12-6-8-14-29(25)33(31(27)21-32(28)34)23-10-4-3-5-11-23/h3-21H,2H2,1H3. The van der Waals surface area contributed by atoms with Crippen LogP contribution in [-0.2, 0) is 6.42 Å². The van der Waals surface area contributed by atoms with Gasteiger partial charge in [-0.2, -0.15) is 0 Å². The van der Waals surface area contributed by atoms with E-state index < -0.39 is 0 Å². The first-order valence-electron chi connectivity index (χ1n) is 11.9. The summed E-state index contributed by atoms with van der Waals surface area (Å²) in [5.41, 5.74) is 8.68. The maximum atomic E-state index is 2.41. The summed E-state index contributed by atoms with van der Waals surface area (Å²) in [5, 5.41) is 5.15. The highest BCUT2D eigenvalue weighted by Crippen LogP contribution is 2.39. The number of aryl methyl sites for hydroxylation is 1. The number of para-hydroxylation sites is 3. The summed E-state index contributed by atoms with van der Waals surface area (Å²) in [6.45, 7) is 2.20. The molecule has 0 bridgehead atoms. The van der Waals surface area contributed by atoms with Gasteiger partial charge in [0.15, 0.2) is 0 Å². The van der Waals surface area contributed by atoms with Crippen LogP contribution in [0.5, 0.6) is 0 Å². The molecule has 0 atom stereocenters. The normalized spacial score (nSPS) is 11.8. The summed E-state index contributed by atoms with van der Waals surface area (Å²) in [4.78, 5) is 0. The van der Waals surface area contributed by atoms with Crippen LogP contribution in [0.25, 0.3) is 55.0 Å². The molecule has 0 aliphatic heterocycles. The van der Waals surface area contributed by atoms with E-state index in [4.69, 9.17) is 0 Å². The Morgan fingerprint density at radius 2 is 0.941 bits per heavy atom. The number of nitrogens with zero attached hydrogens (tertiary/aromatic N) is 2. The fourth-order valence-corrected chi connectivity index (χ4v) is 5.45. The Hall–Kier alpha value is -4.30. The maximum Gasteiger partial charge on any atom is 0.0562 e. The van der Waals surface area contributed by atoms with E-state index in [2.05, 4.69) is 131 Å². The van der Waals surface area contributed by atoms with Gasteiger partial charge in [-0.3, -0.25) is 0 Å². The SMILES string of the molecule is CCc1ccc(-n2c3ccccc3c3cc4c5ccccc5n(-c5ccccc5)c4cc32)cc1. The van der Waals surface area contributed by atoms with Crippen LogP contribution in [0.2, 0.25) is 0 Å². The molecule has 2 heterocycles. The van der Waals surface area contributed by atoms with E-state index in [0.29, 0.717) is 0 Å². The van der Waals surface area contributed by atoms with Crippen molar-refractivity contribution in [1.82, 2.24) is 9.13 Å². The minimum atomic E-state index is 1.05. The molecule has 0 amide bonds. The second kappa shape index (κ2) is 7.36. The van der Waals surface area contributed by atoms with E-state index in [9.17, 15) is 0 Å². The first kappa shape index (κ1) is 19.2. The van der Waals surface area contributed by atoms with Crippen molar-refractivity contribution in [3.05, 3.63) is 121 Å². The van der Waals surface area contributed by atoms with Crippen molar-refractivity contribution in [2.24, 2.45) is 0 Å². The van der Waals surface area contributed by atoms with Crippen LogP contribution in [0, 0.1) is 0 Å². The smallest absolute Gasteiger partial charge is 0.0562 e. The van der Waals surface area contributed by atoms with Gasteiger partial charge >= 0.3 is 0 Å². The molecule has 0 saturated heterocycles. The summed E-state index contributed by atoms with van der Waals surface area (Å²) >= 11 is 0. The van der Waals surface area contributed by atoms with Crippen molar-refractivity contribution < 1.29 is 0 Å². The van der Waals surface area contributed by atoms with E-state index in [0.717, 1.165) is 6.42 Å². The van der Waals surface area contributed by atoms with Crippen molar-refractivity contribution in [2.45, 2.75) is 13.3 Å². The summed E-state index contributed by atoms with van der Waals surface area (Å²) < 4.78 is 4.81. The highest BCUT2D eigenvalue weighted by atomic mass is 15.0. The van der Waals surface area contributed by atoms with Crippen LogP contribution in [0.3, 0.4) is 0 Å². The summed E-state index contributed by atoms with van der Waals surface area (Å²) in [5.74, 6) is 0. The van der Waals surface area contributed by atoms with E-state index in [-0.39, 0.29) is 0 Å². The van der Waals surface area contributed by atoms with Gasteiger partial charge < -0.3 is 9.13 Å². The van der Waals surface area contributed by atoms with Gasteiger partial charge in [-0.25, -0.2) is 0 Å². The molecule has 7 aromatic rings. The molecule has 5 aromatic carbocycles. The van der Waals surface area contributed by atoms with Gasteiger partial charge in [0, 0.05) is 32.9 Å². The molecule has 0 aliphatic rings. The fourth-order valence-electron chi connectivity index (χ4n) is 5.45. The summed E-state index contributed by atoms with van der Waals surface area (Å²) in [6.07, 6.45) is 1.05. The van der Waals surface area contributed by atoms with Gasteiger partial charge in [0.05, 0.1) is 22.1 Å². The molecule has 0 unspecified atom stereocenters. The Morgan fingerprint density at radius 1 is 0.441 bits per heavy atom. The number of rotatable bonds is 3. The number of hydrogen-bond donors (Lipinski definition) is 0. The van der Waals surface area contributed by atoms with Crippen LogP contribution in [0.4, 0.5) is 0 Å². The van der Waals surface area contributed by atoms with Crippen molar-refractivity contribution in [2.75, 3.05) is 0 Å². The van der Waals surface area contributed by atoms with Crippen LogP contribution < -0.4 is 0 Å². The van der Waals surface area contributed by atoms with Crippen molar-refractivity contribution in [3.8, 4) is 11.4 Å². The summed E-state index contributed by atoms with van der Waals surface area (Å²) in [7, 11) is 0. The monoisotopic (exact) mass is 436 g/mol. The molecule has 2 aromatic heterocycles. The van der Waals surface area contributed by atoms with E-state index in [1.54, 1.807) is 0 Å². The molecule has 0 fully saturated rings. The van der Waals surface area contributed by atoms with E-state index in [1.807, 2.05) is 0 Å². The molecule has 0 aliphatic carbocycles. The zero-order chi connectivity index (χ0) is 22.6. The topological polar surface area (TPSA) is 9.86 Å². The molecular formula is C32H24N2. The van der Waals surface area contributed by atoms with E-state index >= 15 is 0 Å². The van der Waals surface area contributed by atoms with Crippen molar-refractivity contribution in [1.29, 1.82) is 0 Å². The Balaban J connectivity index is 1.66. The first-order valence-corrected chi connectivity index (χ1v) is 11.9. The van der Waals surface area contributed by atoms with Crippen LogP contribution in [0.15, 0.2) is 115 Å². The highest BCUT2D eigenvalue weighted by molar-refractivity contribution is 6.19. The maximum absolute atomic E-state index is 2.41. The van der Waals surface area contributed by atoms with Crippen LogP contribution in [-0.4, -0.2) is 9.13 Å². The third-order valence-corrected chi connectivity index (χ3v) is 7.08. The first-order chi connectivity index (χ1) is 16.8. The van der Waals surface area contributed by atoms with Gasteiger partial charge in [0.2, 0.25) is 0 Å². The van der Waals surface area contributed by atoms with Crippen molar-refractivity contribution >= 4 is 43.6 Å². The highest BCUT2D eigenvalue weighted by Gasteiger charge is 2.18. The quantitative estimate of drug-likeness (QED) is 0.263. The Labute approximate surface area is 198 Å². The Bertz CT molecular complexity index is 1820. The third-order valence-electron chi connectivity index (χ3n) is 7.08. The van der Waals surface area contributed by atoms with Gasteiger partial charge in [-0.05, 0) is 60.5 Å². The van der Waals surface area contributed by atoms with Crippen molar-refractivity contribution in [3.63, 3.8) is 0 Å². The van der Waals surface area contributed by atoms with Gasteiger partial charge in [-0.1, -0.05) is 73.7 Å². The molecule has 7 rings (SSSR count). The van der Waals surface area contributed by atoms with Crippen LogP contribution in [0.1, 0.15) is 12.5 Å². The molecule has 34 heavy (non-hydrogen) atoms. The predicted molar refractivity (Wildman–Crippen MR) is 144 cm³/mol. The second-order valence-electron chi connectivity index (χ2n) is 8.95. The molecule has 0 saturated carbocycles. The summed E-state index contributed by atoms with van der Waals surface area (Å²) in [6, 6.07) is 41.9. The lowest BCUT2D eigenvalue weighted by molar-refractivity contribution is 1.12. The van der Waals surface area contributed by atoms with Gasteiger partial charge in [-0.15, -0.1) is 0 Å². The number of hydrogen-bond acceptors (Lipinski definition) is 0. The number of fused-ring (bicyclic) bond motifs is 6. The lowest BCUT2D eigenvalue weighted by atomic mass is 10.1. The lowest BCUT2D eigenvalue weighted by Crippen LogP contribution is -1.96. The Morgan fingerprint density at radius 3 is 1.50 bits per heavy atom. The molecule has 2 heteroatoms. The molecular weight excluding hydrogens is 412 g/mol. The molecule has 0 radical (unpaired) electrons. The van der Waals surface area contributed by atoms with Gasteiger partial charge in [0.1, 0.15) is 0 Å². The average Bonchev–Trinajstić information content (AvgIpc) is 3.40. The van der Waals surface area contributed by atoms with Gasteiger partial charge in [0.25, 0.3) is 0 Å². The minimum Gasteiger partial charge on any atom is -0.309 e. The average molecular weight is 437 g/mol. The second-order valence-corrected chi connectivity index (χ2v) is 8.95.